The van der Waals surface area contributed by atoms with Gasteiger partial charge in [0.1, 0.15) is 11.7 Å². The van der Waals surface area contributed by atoms with E-state index in [9.17, 15) is 9.59 Å². The molecule has 10 heteroatoms. The van der Waals surface area contributed by atoms with Crippen LogP contribution in [0, 0.1) is 10.8 Å². The lowest BCUT2D eigenvalue weighted by molar-refractivity contribution is -0.144. The number of carbonyl (C=O) groups is 2. The van der Waals surface area contributed by atoms with Crippen molar-refractivity contribution in [3.05, 3.63) is 65.2 Å². The van der Waals surface area contributed by atoms with Crippen LogP contribution in [0.4, 0.5) is 5.69 Å². The summed E-state index contributed by atoms with van der Waals surface area (Å²) in [4.78, 5) is 31.7. The third kappa shape index (κ3) is 3.58. The minimum Gasteiger partial charge on any atom is -0.384 e. The number of hydrogen-bond donors (Lipinski definition) is 5. The SMILES string of the molecule is CC(=O)N(c1cccc(C(=N)N)c1)C1(C(N)=O)CC(c2ccc(C(=N)N)cc2)=NO1. The van der Waals surface area contributed by atoms with Crippen LogP contribution in [0.25, 0.3) is 0 Å². The van der Waals surface area contributed by atoms with Gasteiger partial charge in [0.15, 0.2) is 0 Å². The zero-order valence-electron chi connectivity index (χ0n) is 16.2. The summed E-state index contributed by atoms with van der Waals surface area (Å²) in [5, 5.41) is 19.1. The number of anilines is 1. The first kappa shape index (κ1) is 20.5. The van der Waals surface area contributed by atoms with Crippen LogP contribution in [0.5, 0.6) is 0 Å². The number of nitrogens with zero attached hydrogens (tertiary/aromatic N) is 2. The molecule has 0 fully saturated rings. The van der Waals surface area contributed by atoms with Crippen molar-refractivity contribution in [1.82, 2.24) is 0 Å². The highest BCUT2D eigenvalue weighted by atomic mass is 16.7. The van der Waals surface area contributed by atoms with Gasteiger partial charge < -0.3 is 22.0 Å². The van der Waals surface area contributed by atoms with E-state index < -0.39 is 17.5 Å². The van der Waals surface area contributed by atoms with Crippen molar-refractivity contribution < 1.29 is 14.4 Å². The molecule has 2 aromatic carbocycles. The van der Waals surface area contributed by atoms with Crippen LogP contribution in [0.1, 0.15) is 30.0 Å². The van der Waals surface area contributed by atoms with E-state index in [0.29, 0.717) is 22.4 Å². The quantitative estimate of drug-likeness (QED) is 0.346. The fourth-order valence-electron chi connectivity index (χ4n) is 3.24. The highest BCUT2D eigenvalue weighted by molar-refractivity contribution is 6.10. The van der Waals surface area contributed by atoms with Crippen molar-refractivity contribution in [3.8, 4) is 0 Å². The van der Waals surface area contributed by atoms with Crippen molar-refractivity contribution in [2.75, 3.05) is 4.90 Å². The number of nitrogens with two attached hydrogens (primary N) is 3. The largest absolute Gasteiger partial charge is 0.384 e. The van der Waals surface area contributed by atoms with Crippen molar-refractivity contribution in [2.45, 2.75) is 19.1 Å². The Morgan fingerprint density at radius 3 is 2.20 bits per heavy atom. The number of hydrogen-bond acceptors (Lipinski definition) is 6. The zero-order chi connectivity index (χ0) is 22.1. The molecule has 0 bridgehead atoms. The second-order valence-corrected chi connectivity index (χ2v) is 6.76. The maximum absolute atomic E-state index is 12.5. The lowest BCUT2D eigenvalue weighted by Crippen LogP contribution is -2.60. The van der Waals surface area contributed by atoms with Gasteiger partial charge in [0.25, 0.3) is 11.6 Å². The van der Waals surface area contributed by atoms with Crippen molar-refractivity contribution >= 4 is 34.9 Å². The number of benzene rings is 2. The third-order valence-electron chi connectivity index (χ3n) is 4.72. The summed E-state index contributed by atoms with van der Waals surface area (Å²) in [6, 6.07) is 12.9. The molecule has 3 rings (SSSR count). The number of rotatable bonds is 6. The van der Waals surface area contributed by atoms with Gasteiger partial charge in [-0.05, 0) is 17.7 Å². The summed E-state index contributed by atoms with van der Waals surface area (Å²) in [5.41, 5.74) is 17.0. The van der Waals surface area contributed by atoms with Crippen LogP contribution in [0.2, 0.25) is 0 Å². The molecule has 2 aromatic rings. The second kappa shape index (κ2) is 7.66. The molecule has 1 heterocycles. The molecule has 154 valence electrons. The van der Waals surface area contributed by atoms with E-state index in [1.54, 1.807) is 42.5 Å². The molecule has 1 aliphatic heterocycles. The summed E-state index contributed by atoms with van der Waals surface area (Å²) in [6.45, 7) is 1.27. The molecule has 2 amide bonds. The summed E-state index contributed by atoms with van der Waals surface area (Å²) in [6.07, 6.45) is -0.0916. The highest BCUT2D eigenvalue weighted by Crippen LogP contribution is 2.35. The number of amidine groups is 2. The number of amides is 2. The van der Waals surface area contributed by atoms with E-state index in [4.69, 9.17) is 32.9 Å². The van der Waals surface area contributed by atoms with Crippen LogP contribution in [0.3, 0.4) is 0 Å². The summed E-state index contributed by atoms with van der Waals surface area (Å²) in [5.74, 6) is -1.67. The minimum absolute atomic E-state index is 0.0780. The first-order valence-corrected chi connectivity index (χ1v) is 8.91. The fourth-order valence-corrected chi connectivity index (χ4v) is 3.24. The Kier molecular flexibility index (Phi) is 5.24. The molecule has 10 nitrogen and oxygen atoms in total. The molecule has 30 heavy (non-hydrogen) atoms. The van der Waals surface area contributed by atoms with E-state index in [1.165, 1.54) is 13.0 Å². The van der Waals surface area contributed by atoms with Gasteiger partial charge in [-0.25, -0.2) is 0 Å². The molecule has 1 aliphatic rings. The van der Waals surface area contributed by atoms with Crippen LogP contribution in [-0.2, 0) is 14.4 Å². The lowest BCUT2D eigenvalue weighted by Gasteiger charge is -2.35. The predicted octanol–water partition coefficient (Wildman–Crippen LogP) is 0.614. The first-order valence-electron chi connectivity index (χ1n) is 8.91. The molecule has 0 saturated heterocycles. The van der Waals surface area contributed by atoms with Crippen molar-refractivity contribution in [1.29, 1.82) is 10.8 Å². The average Bonchev–Trinajstić information content (AvgIpc) is 3.14. The van der Waals surface area contributed by atoms with Crippen LogP contribution < -0.4 is 22.1 Å². The van der Waals surface area contributed by atoms with Gasteiger partial charge in [0, 0.05) is 23.7 Å². The maximum atomic E-state index is 12.5. The van der Waals surface area contributed by atoms with Gasteiger partial charge in [-0.2, -0.15) is 0 Å². The predicted molar refractivity (Wildman–Crippen MR) is 112 cm³/mol. The summed E-state index contributed by atoms with van der Waals surface area (Å²) < 4.78 is 0. The molecule has 0 spiro atoms. The molecule has 1 unspecified atom stereocenters. The van der Waals surface area contributed by atoms with Gasteiger partial charge >= 0.3 is 0 Å². The van der Waals surface area contributed by atoms with E-state index in [-0.39, 0.29) is 23.8 Å². The van der Waals surface area contributed by atoms with E-state index >= 15 is 0 Å². The molecule has 0 saturated carbocycles. The van der Waals surface area contributed by atoms with Crippen LogP contribution in [0.15, 0.2) is 53.7 Å². The van der Waals surface area contributed by atoms with Gasteiger partial charge in [0.05, 0.1) is 12.1 Å². The lowest BCUT2D eigenvalue weighted by atomic mass is 9.97. The number of carbonyl (C=O) groups excluding carboxylic acids is 2. The smallest absolute Gasteiger partial charge is 0.300 e. The van der Waals surface area contributed by atoms with Gasteiger partial charge in [0.2, 0.25) is 5.91 Å². The van der Waals surface area contributed by atoms with Crippen LogP contribution >= 0.6 is 0 Å². The van der Waals surface area contributed by atoms with Crippen molar-refractivity contribution in [3.63, 3.8) is 0 Å². The van der Waals surface area contributed by atoms with Gasteiger partial charge in [-0.15, -0.1) is 0 Å². The normalized spacial score (nSPS) is 17.6. The molecular weight excluding hydrogens is 386 g/mol. The Hall–Kier alpha value is -4.21. The molecule has 0 aliphatic carbocycles. The molecular formula is C20H21N7O3. The summed E-state index contributed by atoms with van der Waals surface area (Å²) in [7, 11) is 0. The van der Waals surface area contributed by atoms with E-state index in [1.807, 2.05) is 0 Å². The number of oxime groups is 1. The standard InChI is InChI=1S/C20H21N7O3/c1-11(28)27(15-4-2-3-14(9-15)18(23)24)20(19(25)29)10-16(26-30-20)12-5-7-13(8-6-12)17(21)22/h2-9H,10H2,1H3,(H3,21,22)(H3,23,24)(H2,25,29). The Labute approximate surface area is 172 Å². The number of nitrogens with one attached hydrogen (secondary N) is 2. The monoisotopic (exact) mass is 407 g/mol. The average molecular weight is 407 g/mol. The van der Waals surface area contributed by atoms with E-state index in [0.717, 1.165) is 4.90 Å². The fraction of sp³-hybridized carbons (Fsp3) is 0.150. The van der Waals surface area contributed by atoms with Crippen molar-refractivity contribution in [2.24, 2.45) is 22.4 Å². The third-order valence-corrected chi connectivity index (χ3v) is 4.72. The van der Waals surface area contributed by atoms with E-state index in [2.05, 4.69) is 5.16 Å². The molecule has 8 N–H and O–H groups in total. The number of nitrogen functional groups attached to an aromatic ring is 2. The Balaban J connectivity index is 2.01. The maximum Gasteiger partial charge on any atom is 0.300 e. The number of primary amides is 1. The van der Waals surface area contributed by atoms with Gasteiger partial charge in [-0.3, -0.25) is 25.3 Å². The van der Waals surface area contributed by atoms with Crippen LogP contribution in [-0.4, -0.2) is 34.9 Å². The highest BCUT2D eigenvalue weighted by Gasteiger charge is 2.52. The Morgan fingerprint density at radius 2 is 1.67 bits per heavy atom. The Bertz CT molecular complexity index is 1080. The topological polar surface area (TPSA) is 185 Å². The molecule has 0 radical (unpaired) electrons. The molecule has 1 atom stereocenters. The Morgan fingerprint density at radius 1 is 1.03 bits per heavy atom. The summed E-state index contributed by atoms with van der Waals surface area (Å²) >= 11 is 0. The minimum atomic E-state index is -1.88. The molecule has 0 aromatic heterocycles. The second-order valence-electron chi connectivity index (χ2n) is 6.76. The van der Waals surface area contributed by atoms with Gasteiger partial charge in [-0.1, -0.05) is 41.6 Å². The zero-order valence-corrected chi connectivity index (χ0v) is 16.2. The first-order chi connectivity index (χ1) is 14.2.